The lowest BCUT2D eigenvalue weighted by atomic mass is 9.84. The van der Waals surface area contributed by atoms with Crippen molar-refractivity contribution in [2.24, 2.45) is 10.7 Å². The lowest BCUT2D eigenvalue weighted by Crippen LogP contribution is -2.61. The quantitative estimate of drug-likeness (QED) is 0.526. The number of aryl methyl sites for hydroxylation is 1. The minimum absolute atomic E-state index is 0.0526. The Morgan fingerprint density at radius 3 is 2.74 bits per heavy atom. The predicted octanol–water partition coefficient (Wildman–Crippen LogP) is 3.25. The number of aromatic nitrogens is 1. The number of alkyl halides is 1. The zero-order chi connectivity index (χ0) is 24.9. The summed E-state index contributed by atoms with van der Waals surface area (Å²) in [7, 11) is -3.92. The molecule has 0 radical (unpaired) electrons. The number of carbonyl (C=O) groups excluding carboxylic acids is 1. The van der Waals surface area contributed by atoms with Gasteiger partial charge in [0.2, 0.25) is 5.69 Å². The second-order valence-electron chi connectivity index (χ2n) is 9.14. The maximum Gasteiger partial charge on any atom is 0.205 e. The average Bonchev–Trinajstić information content (AvgIpc) is 2.95. The molecule has 0 saturated carbocycles. The molecule has 4 rings (SSSR count). The van der Waals surface area contributed by atoms with E-state index in [1.165, 1.54) is 20.0 Å². The van der Waals surface area contributed by atoms with Gasteiger partial charge in [-0.3, -0.25) is 14.8 Å². The summed E-state index contributed by atoms with van der Waals surface area (Å²) >= 11 is 0. The monoisotopic (exact) mass is 484 g/mol. The topological polar surface area (TPSA) is 116 Å². The average molecular weight is 485 g/mol. The molecule has 178 valence electrons. The van der Waals surface area contributed by atoms with Gasteiger partial charge in [-0.1, -0.05) is 6.07 Å². The van der Waals surface area contributed by atoms with Crippen LogP contribution in [0, 0.1) is 13.5 Å². The molecule has 0 aliphatic carbocycles. The van der Waals surface area contributed by atoms with Gasteiger partial charge in [-0.2, -0.15) is 0 Å². The van der Waals surface area contributed by atoms with Crippen LogP contribution in [0.1, 0.15) is 47.4 Å². The molecule has 2 atom stereocenters. The Bertz CT molecular complexity index is 1360. The molecule has 8 nitrogen and oxygen atoms in total. The molecule has 1 aromatic carbocycles. The number of fused-ring (bicyclic) bond motifs is 3. The molecule has 0 bridgehead atoms. The number of ketones is 1. The van der Waals surface area contributed by atoms with E-state index in [0.29, 0.717) is 22.6 Å². The lowest BCUT2D eigenvalue weighted by molar-refractivity contribution is 0.0987. The molecule has 2 aromatic rings. The molecule has 10 heteroatoms. The Balaban J connectivity index is 1.81. The number of nitrogens with zero attached hydrogens (tertiary/aromatic N) is 3. The fraction of sp³-hybridized carbons (Fsp3) is 0.417. The number of hydrogen-bond acceptors (Lipinski definition) is 7. The number of benzene rings is 1. The van der Waals surface area contributed by atoms with Gasteiger partial charge in [0.25, 0.3) is 0 Å². The van der Waals surface area contributed by atoms with Crippen LogP contribution in [-0.4, -0.2) is 48.3 Å². The highest BCUT2D eigenvalue weighted by Crippen LogP contribution is 2.48. The number of ether oxygens (including phenoxy) is 1. The number of rotatable bonds is 4. The Labute approximate surface area is 197 Å². The van der Waals surface area contributed by atoms with Crippen LogP contribution in [-0.2, 0) is 21.8 Å². The van der Waals surface area contributed by atoms with E-state index in [2.05, 4.69) is 14.8 Å². The van der Waals surface area contributed by atoms with Crippen molar-refractivity contribution in [2.75, 3.05) is 13.3 Å². The Hall–Kier alpha value is -3.32. The van der Waals surface area contributed by atoms with Gasteiger partial charge in [0.05, 0.1) is 18.4 Å². The van der Waals surface area contributed by atoms with E-state index in [4.69, 9.17) is 17.0 Å². The van der Waals surface area contributed by atoms with Crippen molar-refractivity contribution in [3.05, 3.63) is 64.3 Å². The van der Waals surface area contributed by atoms with E-state index in [0.717, 1.165) is 0 Å². The van der Waals surface area contributed by atoms with Crippen LogP contribution in [0.4, 0.5) is 10.1 Å². The molecule has 34 heavy (non-hydrogen) atoms. The molecule has 3 heterocycles. The summed E-state index contributed by atoms with van der Waals surface area (Å²) in [4.78, 5) is 24.8. The van der Waals surface area contributed by atoms with Gasteiger partial charge in [-0.15, -0.1) is 0 Å². The highest BCUT2D eigenvalue weighted by Gasteiger charge is 2.59. The number of sulfone groups is 1. The maximum atomic E-state index is 14.8. The van der Waals surface area contributed by atoms with E-state index in [-0.39, 0.29) is 42.3 Å². The highest BCUT2D eigenvalue weighted by molar-refractivity contribution is 7.94. The smallest absolute Gasteiger partial charge is 0.205 e. The second kappa shape index (κ2) is 8.17. The van der Waals surface area contributed by atoms with Gasteiger partial charge in [0.15, 0.2) is 15.6 Å². The van der Waals surface area contributed by atoms with Crippen molar-refractivity contribution in [1.29, 1.82) is 0 Å². The third kappa shape index (κ3) is 3.46. The van der Waals surface area contributed by atoms with Gasteiger partial charge in [-0.05, 0) is 50.1 Å². The normalized spacial score (nSPS) is 24.4. The Morgan fingerprint density at radius 1 is 1.35 bits per heavy atom. The molecular weight excluding hydrogens is 459 g/mol. The molecule has 0 unspecified atom stereocenters. The number of pyridine rings is 1. The van der Waals surface area contributed by atoms with E-state index in [1.54, 1.807) is 31.2 Å². The third-order valence-electron chi connectivity index (χ3n) is 6.73. The van der Waals surface area contributed by atoms with Crippen LogP contribution in [0.2, 0.25) is 0 Å². The van der Waals surface area contributed by atoms with Crippen molar-refractivity contribution in [3.63, 3.8) is 0 Å². The third-order valence-corrected chi connectivity index (χ3v) is 9.74. The first kappa shape index (κ1) is 23.8. The number of aliphatic imine (C=N–C) groups is 1. The molecule has 2 aliphatic heterocycles. The SMILES string of the molecule is [C-]#[N+]c1cnc(C(=O)Cc2ccc3c(c2)[C@@]2(CF)N=C(N)C(C)(C)S(=O)(=O)[C@H]2CCO3)c(C)c1. The van der Waals surface area contributed by atoms with Crippen molar-refractivity contribution in [1.82, 2.24) is 4.98 Å². The first-order chi connectivity index (χ1) is 16.0. The van der Waals surface area contributed by atoms with Crippen LogP contribution in [0.3, 0.4) is 0 Å². The summed E-state index contributed by atoms with van der Waals surface area (Å²) < 4.78 is 46.1. The van der Waals surface area contributed by atoms with Crippen LogP contribution in [0.5, 0.6) is 5.75 Å². The van der Waals surface area contributed by atoms with Gasteiger partial charge in [-0.25, -0.2) is 17.7 Å². The Kier molecular flexibility index (Phi) is 5.72. The van der Waals surface area contributed by atoms with Crippen LogP contribution in [0.25, 0.3) is 4.85 Å². The van der Waals surface area contributed by atoms with E-state index < -0.39 is 32.0 Å². The molecule has 0 spiro atoms. The van der Waals surface area contributed by atoms with Crippen LogP contribution in [0.15, 0.2) is 35.5 Å². The van der Waals surface area contributed by atoms with E-state index >= 15 is 0 Å². The number of amidine groups is 1. The Morgan fingerprint density at radius 2 is 2.09 bits per heavy atom. The fourth-order valence-corrected chi connectivity index (χ4v) is 6.82. The summed E-state index contributed by atoms with van der Waals surface area (Å²) in [5, 5.41) is -1.16. The van der Waals surface area contributed by atoms with E-state index in [9.17, 15) is 17.6 Å². The molecule has 0 fully saturated rings. The largest absolute Gasteiger partial charge is 0.493 e. The summed E-state index contributed by atoms with van der Waals surface area (Å²) in [5.41, 5.74) is 6.27. The number of hydrogen-bond donors (Lipinski definition) is 1. The van der Waals surface area contributed by atoms with Gasteiger partial charge in [0, 0.05) is 24.6 Å². The minimum atomic E-state index is -3.92. The second-order valence-corrected chi connectivity index (χ2v) is 11.8. The lowest BCUT2D eigenvalue weighted by Gasteiger charge is -2.43. The first-order valence-electron chi connectivity index (χ1n) is 10.8. The number of nitrogens with two attached hydrogens (primary N) is 1. The molecular formula is C24H25FN4O4S. The predicted molar refractivity (Wildman–Crippen MR) is 126 cm³/mol. The molecule has 1 aromatic heterocycles. The standard InChI is InChI=1S/C24H25FN4O4S/c1-14-9-16(27-4)12-28-21(14)18(30)11-15-5-6-19-17(10-15)24(13-25)20(7-8-33-19)34(31,32)23(2,3)22(26)29-24/h5-6,9-10,12,20H,7-8,11,13H2,1-3H3,(H2,26,29)/t20-,24+/m0/s1. The summed E-state index contributed by atoms with van der Waals surface area (Å²) in [6.45, 7) is 10.7. The fourth-order valence-electron chi connectivity index (χ4n) is 4.60. The van der Waals surface area contributed by atoms with Crippen molar-refractivity contribution < 1.29 is 22.3 Å². The van der Waals surface area contributed by atoms with Crippen LogP contribution >= 0.6 is 0 Å². The van der Waals surface area contributed by atoms with Crippen molar-refractivity contribution in [2.45, 2.75) is 49.1 Å². The zero-order valence-electron chi connectivity index (χ0n) is 19.1. The zero-order valence-corrected chi connectivity index (χ0v) is 19.9. The first-order valence-corrected chi connectivity index (χ1v) is 12.3. The molecule has 2 aliphatic rings. The molecule has 2 N–H and O–H groups in total. The van der Waals surface area contributed by atoms with Crippen molar-refractivity contribution >= 4 is 27.1 Å². The number of carbonyl (C=O) groups is 1. The number of Topliss-reactive ketones (excluding diaryl/α,β-unsaturated/α-hetero) is 1. The minimum Gasteiger partial charge on any atom is -0.493 e. The van der Waals surface area contributed by atoms with Gasteiger partial charge >= 0.3 is 0 Å². The molecule has 0 saturated heterocycles. The maximum absolute atomic E-state index is 14.8. The van der Waals surface area contributed by atoms with E-state index in [1.807, 2.05) is 0 Å². The number of halogens is 1. The summed E-state index contributed by atoms with van der Waals surface area (Å²) in [5.74, 6) is -0.122. The molecule has 0 amide bonds. The van der Waals surface area contributed by atoms with Gasteiger partial charge < -0.3 is 10.5 Å². The highest BCUT2D eigenvalue weighted by atomic mass is 32.2. The van der Waals surface area contributed by atoms with Gasteiger partial charge in [0.1, 0.15) is 34.2 Å². The summed E-state index contributed by atoms with van der Waals surface area (Å²) in [6.07, 6.45) is 1.35. The van der Waals surface area contributed by atoms with Crippen molar-refractivity contribution in [3.8, 4) is 5.75 Å². The summed E-state index contributed by atoms with van der Waals surface area (Å²) in [6, 6.07) is 6.46. The van der Waals surface area contributed by atoms with Crippen LogP contribution < -0.4 is 10.5 Å².